The molecule has 4 aromatic rings. The average molecular weight is 467 g/mol. The van der Waals surface area contributed by atoms with Gasteiger partial charge in [0.2, 0.25) is 0 Å². The van der Waals surface area contributed by atoms with Crippen LogP contribution in [0.2, 0.25) is 5.02 Å². The van der Waals surface area contributed by atoms with E-state index >= 15 is 0 Å². The van der Waals surface area contributed by atoms with Gasteiger partial charge < -0.3 is 10.1 Å². The lowest BCUT2D eigenvalue weighted by Gasteiger charge is -2.16. The molecule has 0 atom stereocenters. The van der Waals surface area contributed by atoms with E-state index in [1.54, 1.807) is 0 Å². The lowest BCUT2D eigenvalue weighted by Crippen LogP contribution is -2.05. The SMILES string of the molecule is Cc1ccc(COc2ccc3ccccc3c2CNc2ccc(Br)c(Cl)c2)cc1. The van der Waals surface area contributed by atoms with Crippen LogP contribution in [0.25, 0.3) is 10.8 Å². The van der Waals surface area contributed by atoms with E-state index in [4.69, 9.17) is 16.3 Å². The minimum atomic E-state index is 0.537. The zero-order valence-electron chi connectivity index (χ0n) is 16.1. The summed E-state index contributed by atoms with van der Waals surface area (Å²) in [5.41, 5.74) is 4.50. The normalized spacial score (nSPS) is 10.9. The molecule has 146 valence electrons. The first kappa shape index (κ1) is 19.8. The molecule has 2 nitrogen and oxygen atoms in total. The highest BCUT2D eigenvalue weighted by Gasteiger charge is 2.10. The molecule has 0 fully saturated rings. The molecular formula is C25H21BrClNO. The predicted octanol–water partition coefficient (Wildman–Crippen LogP) is 7.76. The highest BCUT2D eigenvalue weighted by molar-refractivity contribution is 9.10. The van der Waals surface area contributed by atoms with Gasteiger partial charge in [0, 0.05) is 22.3 Å². The molecule has 1 N–H and O–H groups in total. The number of hydrogen-bond acceptors (Lipinski definition) is 2. The Labute approximate surface area is 184 Å². The first-order valence-electron chi connectivity index (χ1n) is 9.48. The van der Waals surface area contributed by atoms with Crippen molar-refractivity contribution in [3.63, 3.8) is 0 Å². The fourth-order valence-electron chi connectivity index (χ4n) is 3.28. The Bertz CT molecular complexity index is 1140. The molecule has 0 aromatic heterocycles. The van der Waals surface area contributed by atoms with Gasteiger partial charge in [0.1, 0.15) is 12.4 Å². The number of ether oxygens (including phenoxy) is 1. The molecule has 0 saturated carbocycles. The second-order valence-electron chi connectivity index (χ2n) is 7.02. The molecule has 29 heavy (non-hydrogen) atoms. The van der Waals surface area contributed by atoms with Crippen LogP contribution >= 0.6 is 27.5 Å². The van der Waals surface area contributed by atoms with Crippen LogP contribution in [-0.4, -0.2) is 0 Å². The van der Waals surface area contributed by atoms with Gasteiger partial charge in [-0.15, -0.1) is 0 Å². The predicted molar refractivity (Wildman–Crippen MR) is 126 cm³/mol. The largest absolute Gasteiger partial charge is 0.489 e. The molecule has 0 aliphatic rings. The number of anilines is 1. The molecular weight excluding hydrogens is 446 g/mol. The molecule has 0 amide bonds. The van der Waals surface area contributed by atoms with E-state index in [1.807, 2.05) is 18.2 Å². The Morgan fingerprint density at radius 1 is 0.931 bits per heavy atom. The van der Waals surface area contributed by atoms with Gasteiger partial charge in [0.15, 0.2) is 0 Å². The van der Waals surface area contributed by atoms with E-state index in [-0.39, 0.29) is 0 Å². The minimum absolute atomic E-state index is 0.537. The summed E-state index contributed by atoms with van der Waals surface area (Å²) in [7, 11) is 0. The molecule has 0 aliphatic carbocycles. The summed E-state index contributed by atoms with van der Waals surface area (Å²) in [4.78, 5) is 0. The number of benzene rings is 4. The van der Waals surface area contributed by atoms with Crippen molar-refractivity contribution in [2.24, 2.45) is 0 Å². The Kier molecular flexibility index (Phi) is 6.08. The van der Waals surface area contributed by atoms with Crippen LogP contribution in [0.3, 0.4) is 0 Å². The van der Waals surface area contributed by atoms with Gasteiger partial charge in [-0.05, 0) is 63.5 Å². The monoisotopic (exact) mass is 465 g/mol. The van der Waals surface area contributed by atoms with Gasteiger partial charge in [-0.1, -0.05) is 71.8 Å². The summed E-state index contributed by atoms with van der Waals surface area (Å²) in [5.74, 6) is 0.889. The summed E-state index contributed by atoms with van der Waals surface area (Å²) in [6.45, 7) is 3.27. The number of fused-ring (bicyclic) bond motifs is 1. The molecule has 4 heteroatoms. The third-order valence-electron chi connectivity index (χ3n) is 4.90. The third-order valence-corrected chi connectivity index (χ3v) is 6.13. The van der Waals surface area contributed by atoms with Crippen LogP contribution in [0.5, 0.6) is 5.75 Å². The summed E-state index contributed by atoms with van der Waals surface area (Å²) in [5, 5.41) is 6.55. The number of rotatable bonds is 6. The van der Waals surface area contributed by atoms with Crippen molar-refractivity contribution in [1.82, 2.24) is 0 Å². The second kappa shape index (κ2) is 8.89. The Hall–Kier alpha value is -2.49. The van der Waals surface area contributed by atoms with Gasteiger partial charge >= 0.3 is 0 Å². The lowest BCUT2D eigenvalue weighted by molar-refractivity contribution is 0.304. The molecule has 0 radical (unpaired) electrons. The molecule has 0 aliphatic heterocycles. The highest BCUT2D eigenvalue weighted by Crippen LogP contribution is 2.31. The molecule has 0 unspecified atom stereocenters. The highest BCUT2D eigenvalue weighted by atomic mass is 79.9. The van der Waals surface area contributed by atoms with E-state index < -0.39 is 0 Å². The van der Waals surface area contributed by atoms with Crippen molar-refractivity contribution in [2.75, 3.05) is 5.32 Å². The first-order valence-corrected chi connectivity index (χ1v) is 10.6. The van der Waals surface area contributed by atoms with Crippen molar-refractivity contribution in [2.45, 2.75) is 20.1 Å². The molecule has 0 heterocycles. The summed E-state index contributed by atoms with van der Waals surface area (Å²) < 4.78 is 7.11. The number of halogens is 2. The second-order valence-corrected chi connectivity index (χ2v) is 8.28. The minimum Gasteiger partial charge on any atom is -0.489 e. The van der Waals surface area contributed by atoms with Crippen molar-refractivity contribution in [3.8, 4) is 5.75 Å². The van der Waals surface area contributed by atoms with Crippen LogP contribution in [0, 0.1) is 6.92 Å². The zero-order valence-corrected chi connectivity index (χ0v) is 18.4. The summed E-state index contributed by atoms with van der Waals surface area (Å²) in [6, 6.07) is 26.9. The smallest absolute Gasteiger partial charge is 0.125 e. The van der Waals surface area contributed by atoms with Crippen molar-refractivity contribution in [1.29, 1.82) is 0 Å². The molecule has 0 saturated heterocycles. The van der Waals surface area contributed by atoms with Crippen molar-refractivity contribution < 1.29 is 4.74 Å². The Morgan fingerprint density at radius 2 is 1.72 bits per heavy atom. The zero-order chi connectivity index (χ0) is 20.2. The molecule has 0 spiro atoms. The maximum Gasteiger partial charge on any atom is 0.125 e. The molecule has 4 aromatic carbocycles. The lowest BCUT2D eigenvalue weighted by atomic mass is 10.0. The van der Waals surface area contributed by atoms with Crippen LogP contribution in [0.4, 0.5) is 5.69 Å². The van der Waals surface area contributed by atoms with Gasteiger partial charge in [0.25, 0.3) is 0 Å². The summed E-state index contributed by atoms with van der Waals surface area (Å²) >= 11 is 9.68. The number of nitrogens with one attached hydrogen (secondary N) is 1. The molecule has 0 bridgehead atoms. The van der Waals surface area contributed by atoms with E-state index in [2.05, 4.69) is 88.8 Å². The fourth-order valence-corrected chi connectivity index (χ4v) is 3.70. The van der Waals surface area contributed by atoms with Gasteiger partial charge in [-0.2, -0.15) is 0 Å². The van der Waals surface area contributed by atoms with E-state index in [0.29, 0.717) is 18.2 Å². The van der Waals surface area contributed by atoms with Gasteiger partial charge in [0.05, 0.1) is 5.02 Å². The van der Waals surface area contributed by atoms with Gasteiger partial charge in [-0.25, -0.2) is 0 Å². The third kappa shape index (κ3) is 4.75. The maximum absolute atomic E-state index is 6.24. The topological polar surface area (TPSA) is 21.3 Å². The summed E-state index contributed by atoms with van der Waals surface area (Å²) in [6.07, 6.45) is 0. The Morgan fingerprint density at radius 3 is 2.52 bits per heavy atom. The van der Waals surface area contributed by atoms with Crippen molar-refractivity contribution >= 4 is 44.0 Å². The van der Waals surface area contributed by atoms with Crippen LogP contribution in [-0.2, 0) is 13.2 Å². The van der Waals surface area contributed by atoms with Crippen LogP contribution in [0.1, 0.15) is 16.7 Å². The van der Waals surface area contributed by atoms with E-state index in [0.717, 1.165) is 27.0 Å². The van der Waals surface area contributed by atoms with Crippen molar-refractivity contribution in [3.05, 3.63) is 105 Å². The standard InChI is InChI=1S/C25H21BrClNO/c1-17-6-8-18(9-7-17)16-29-25-13-10-19-4-2-3-5-21(19)22(25)15-28-20-11-12-23(26)24(27)14-20/h2-14,28H,15-16H2,1H3. The Balaban J connectivity index is 1.61. The van der Waals surface area contributed by atoms with E-state index in [1.165, 1.54) is 16.3 Å². The number of hydrogen-bond donors (Lipinski definition) is 1. The fraction of sp³-hybridized carbons (Fsp3) is 0.120. The molecule has 4 rings (SSSR count). The van der Waals surface area contributed by atoms with Gasteiger partial charge in [-0.3, -0.25) is 0 Å². The van der Waals surface area contributed by atoms with Crippen LogP contribution in [0.15, 0.2) is 83.3 Å². The average Bonchev–Trinajstić information content (AvgIpc) is 2.74. The maximum atomic E-state index is 6.24. The van der Waals surface area contributed by atoms with E-state index in [9.17, 15) is 0 Å². The first-order chi connectivity index (χ1) is 14.1. The quantitative estimate of drug-likeness (QED) is 0.313. The number of aryl methyl sites for hydroxylation is 1. The van der Waals surface area contributed by atoms with Crippen LogP contribution < -0.4 is 10.1 Å².